The lowest BCUT2D eigenvalue weighted by molar-refractivity contribution is -0.0644. The lowest BCUT2D eigenvalue weighted by Crippen LogP contribution is -2.26. The van der Waals surface area contributed by atoms with Crippen LogP contribution in [0.1, 0.15) is 70.8 Å². The van der Waals surface area contributed by atoms with Crippen molar-refractivity contribution in [1.82, 2.24) is 0 Å². The minimum atomic E-state index is 0.0384. The summed E-state index contributed by atoms with van der Waals surface area (Å²) in [7, 11) is 0. The SMILES string of the molecule is CCCCCCOC[C@H](COCc1ccccc1)OCCCCCC. The van der Waals surface area contributed by atoms with Crippen LogP contribution in [0.25, 0.3) is 0 Å². The van der Waals surface area contributed by atoms with Crippen LogP contribution < -0.4 is 0 Å². The molecule has 0 saturated heterocycles. The molecule has 0 aliphatic rings. The standard InChI is InChI=1S/C22H38O3/c1-3-5-7-12-16-23-19-22(25-17-13-8-6-4-2)20-24-18-21-14-10-9-11-15-21/h9-11,14-15,22H,3-8,12-13,16-20H2,1-2H3/t22-/m1/s1. The van der Waals surface area contributed by atoms with E-state index >= 15 is 0 Å². The normalized spacial score (nSPS) is 12.4. The largest absolute Gasteiger partial charge is 0.379 e. The summed E-state index contributed by atoms with van der Waals surface area (Å²) in [6.45, 7) is 7.95. The highest BCUT2D eigenvalue weighted by molar-refractivity contribution is 5.13. The Morgan fingerprint density at radius 2 is 1.36 bits per heavy atom. The van der Waals surface area contributed by atoms with E-state index in [2.05, 4.69) is 26.0 Å². The molecule has 0 amide bonds. The molecule has 0 aliphatic carbocycles. The maximum absolute atomic E-state index is 6.00. The first-order valence-electron chi connectivity index (χ1n) is 10.2. The molecule has 0 aromatic heterocycles. The lowest BCUT2D eigenvalue weighted by atomic mass is 10.2. The van der Waals surface area contributed by atoms with E-state index in [1.807, 2.05) is 18.2 Å². The summed E-state index contributed by atoms with van der Waals surface area (Å²) in [5.41, 5.74) is 1.20. The molecule has 1 atom stereocenters. The maximum Gasteiger partial charge on any atom is 0.104 e. The van der Waals surface area contributed by atoms with Gasteiger partial charge in [-0.05, 0) is 18.4 Å². The molecular weight excluding hydrogens is 312 g/mol. The zero-order valence-corrected chi connectivity index (χ0v) is 16.4. The molecule has 0 radical (unpaired) electrons. The summed E-state index contributed by atoms with van der Waals surface area (Å²) in [4.78, 5) is 0. The van der Waals surface area contributed by atoms with Gasteiger partial charge in [0.25, 0.3) is 0 Å². The molecule has 0 aliphatic heterocycles. The van der Waals surface area contributed by atoms with Gasteiger partial charge in [-0.3, -0.25) is 0 Å². The first-order valence-corrected chi connectivity index (χ1v) is 10.2. The highest BCUT2D eigenvalue weighted by Crippen LogP contribution is 2.06. The topological polar surface area (TPSA) is 27.7 Å². The van der Waals surface area contributed by atoms with E-state index in [0.29, 0.717) is 19.8 Å². The van der Waals surface area contributed by atoms with Crippen molar-refractivity contribution in [3.8, 4) is 0 Å². The number of benzene rings is 1. The van der Waals surface area contributed by atoms with E-state index < -0.39 is 0 Å². The fourth-order valence-electron chi connectivity index (χ4n) is 2.65. The average Bonchev–Trinajstić information content (AvgIpc) is 2.64. The molecule has 0 heterocycles. The van der Waals surface area contributed by atoms with Gasteiger partial charge < -0.3 is 14.2 Å². The number of rotatable bonds is 17. The second-order valence-electron chi connectivity index (χ2n) is 6.69. The van der Waals surface area contributed by atoms with Gasteiger partial charge in [0.2, 0.25) is 0 Å². The molecule has 1 aromatic rings. The van der Waals surface area contributed by atoms with E-state index in [0.717, 1.165) is 26.1 Å². The van der Waals surface area contributed by atoms with Crippen molar-refractivity contribution in [1.29, 1.82) is 0 Å². The van der Waals surface area contributed by atoms with Crippen LogP contribution in [0.2, 0.25) is 0 Å². The van der Waals surface area contributed by atoms with Crippen LogP contribution in [0, 0.1) is 0 Å². The zero-order chi connectivity index (χ0) is 18.0. The van der Waals surface area contributed by atoms with Crippen LogP contribution in [0.5, 0.6) is 0 Å². The monoisotopic (exact) mass is 350 g/mol. The predicted octanol–water partition coefficient (Wildman–Crippen LogP) is 5.77. The van der Waals surface area contributed by atoms with Crippen molar-refractivity contribution >= 4 is 0 Å². The van der Waals surface area contributed by atoms with Crippen LogP contribution in [0.4, 0.5) is 0 Å². The maximum atomic E-state index is 6.00. The number of hydrogen-bond donors (Lipinski definition) is 0. The Morgan fingerprint density at radius 3 is 2.04 bits per heavy atom. The molecule has 0 unspecified atom stereocenters. The van der Waals surface area contributed by atoms with Gasteiger partial charge >= 0.3 is 0 Å². The first-order chi connectivity index (χ1) is 12.4. The molecule has 25 heavy (non-hydrogen) atoms. The van der Waals surface area contributed by atoms with E-state index in [4.69, 9.17) is 14.2 Å². The first kappa shape index (κ1) is 22.1. The zero-order valence-electron chi connectivity index (χ0n) is 16.4. The van der Waals surface area contributed by atoms with Crippen molar-refractivity contribution in [2.75, 3.05) is 26.4 Å². The van der Waals surface area contributed by atoms with Crippen LogP contribution >= 0.6 is 0 Å². The predicted molar refractivity (Wildman–Crippen MR) is 105 cm³/mol. The summed E-state index contributed by atoms with van der Waals surface area (Å²) < 4.78 is 17.7. The van der Waals surface area contributed by atoms with Crippen molar-refractivity contribution in [2.24, 2.45) is 0 Å². The van der Waals surface area contributed by atoms with Crippen LogP contribution in [0.15, 0.2) is 30.3 Å². The van der Waals surface area contributed by atoms with Gasteiger partial charge in [0.1, 0.15) is 6.10 Å². The Bertz CT molecular complexity index is 380. The Morgan fingerprint density at radius 1 is 0.720 bits per heavy atom. The second kappa shape index (κ2) is 16.6. The Hall–Kier alpha value is -0.900. The van der Waals surface area contributed by atoms with Gasteiger partial charge in [-0.25, -0.2) is 0 Å². The highest BCUT2D eigenvalue weighted by atomic mass is 16.6. The van der Waals surface area contributed by atoms with Gasteiger partial charge in [-0.2, -0.15) is 0 Å². The van der Waals surface area contributed by atoms with Crippen molar-refractivity contribution in [2.45, 2.75) is 77.9 Å². The van der Waals surface area contributed by atoms with E-state index in [1.54, 1.807) is 0 Å². The quantitative estimate of drug-likeness (QED) is 0.334. The Labute approximate surface area is 155 Å². The number of ether oxygens (including phenoxy) is 3. The van der Waals surface area contributed by atoms with Crippen LogP contribution in [-0.4, -0.2) is 32.5 Å². The fourth-order valence-corrected chi connectivity index (χ4v) is 2.65. The smallest absolute Gasteiger partial charge is 0.104 e. The molecule has 3 nitrogen and oxygen atoms in total. The van der Waals surface area contributed by atoms with Crippen LogP contribution in [0.3, 0.4) is 0 Å². The summed E-state index contributed by atoms with van der Waals surface area (Å²) >= 11 is 0. The Kier molecular flexibility index (Phi) is 14.7. The van der Waals surface area contributed by atoms with Gasteiger partial charge in [-0.1, -0.05) is 82.7 Å². The third-order valence-corrected chi connectivity index (χ3v) is 4.21. The molecule has 3 heteroatoms. The van der Waals surface area contributed by atoms with Gasteiger partial charge in [0.15, 0.2) is 0 Å². The molecule has 0 spiro atoms. The molecule has 0 fully saturated rings. The van der Waals surface area contributed by atoms with Gasteiger partial charge in [0, 0.05) is 13.2 Å². The molecule has 0 saturated carbocycles. The molecular formula is C22H38O3. The number of unbranched alkanes of at least 4 members (excludes halogenated alkanes) is 6. The summed E-state index contributed by atoms with van der Waals surface area (Å²) in [5, 5.41) is 0. The highest BCUT2D eigenvalue weighted by Gasteiger charge is 2.10. The molecule has 1 aromatic carbocycles. The minimum Gasteiger partial charge on any atom is -0.379 e. The molecule has 1 rings (SSSR count). The second-order valence-corrected chi connectivity index (χ2v) is 6.69. The van der Waals surface area contributed by atoms with Crippen molar-refractivity contribution in [3.05, 3.63) is 35.9 Å². The average molecular weight is 351 g/mol. The summed E-state index contributed by atoms with van der Waals surface area (Å²) in [6.07, 6.45) is 9.89. The molecule has 0 bridgehead atoms. The van der Waals surface area contributed by atoms with Crippen molar-refractivity contribution in [3.63, 3.8) is 0 Å². The molecule has 144 valence electrons. The van der Waals surface area contributed by atoms with Gasteiger partial charge in [0.05, 0.1) is 19.8 Å². The third-order valence-electron chi connectivity index (χ3n) is 4.21. The van der Waals surface area contributed by atoms with Crippen LogP contribution in [-0.2, 0) is 20.8 Å². The van der Waals surface area contributed by atoms with E-state index in [-0.39, 0.29) is 6.10 Å². The Balaban J connectivity index is 2.20. The van der Waals surface area contributed by atoms with Crippen molar-refractivity contribution < 1.29 is 14.2 Å². The lowest BCUT2D eigenvalue weighted by Gasteiger charge is -2.18. The fraction of sp³-hybridized carbons (Fsp3) is 0.727. The molecule has 0 N–H and O–H groups in total. The number of hydrogen-bond acceptors (Lipinski definition) is 3. The van der Waals surface area contributed by atoms with E-state index in [9.17, 15) is 0 Å². The summed E-state index contributed by atoms with van der Waals surface area (Å²) in [5.74, 6) is 0. The van der Waals surface area contributed by atoms with E-state index in [1.165, 1.54) is 44.1 Å². The third kappa shape index (κ3) is 13.0. The summed E-state index contributed by atoms with van der Waals surface area (Å²) in [6, 6.07) is 10.3. The van der Waals surface area contributed by atoms with Gasteiger partial charge in [-0.15, -0.1) is 0 Å². The minimum absolute atomic E-state index is 0.0384.